The Bertz CT molecular complexity index is 868. The Morgan fingerprint density at radius 2 is 1.29 bits per heavy atom. The molecule has 0 bridgehead atoms. The van der Waals surface area contributed by atoms with Crippen molar-refractivity contribution < 1.29 is 14.3 Å². The van der Waals surface area contributed by atoms with Gasteiger partial charge in [-0.1, -0.05) is 60.7 Å². The van der Waals surface area contributed by atoms with Gasteiger partial charge in [-0.2, -0.15) is 0 Å². The zero-order valence-corrected chi connectivity index (χ0v) is 15.7. The molecule has 28 heavy (non-hydrogen) atoms. The van der Waals surface area contributed by atoms with E-state index in [1.165, 1.54) is 0 Å². The fraction of sp³-hybridized carbons (Fsp3) is 0.130. The number of hydrogen-bond acceptors (Lipinski definition) is 3. The summed E-state index contributed by atoms with van der Waals surface area (Å²) >= 11 is 0. The molecule has 3 aromatic rings. The molecule has 0 aliphatic carbocycles. The van der Waals surface area contributed by atoms with Gasteiger partial charge in [0.15, 0.2) is 0 Å². The van der Waals surface area contributed by atoms with Gasteiger partial charge in [-0.15, -0.1) is 0 Å². The van der Waals surface area contributed by atoms with Crippen molar-refractivity contribution in [3.63, 3.8) is 0 Å². The quantitative estimate of drug-likeness (QED) is 0.667. The summed E-state index contributed by atoms with van der Waals surface area (Å²) < 4.78 is 5.10. The summed E-state index contributed by atoms with van der Waals surface area (Å²) in [7, 11) is 1.57. The molecule has 0 heterocycles. The van der Waals surface area contributed by atoms with Crippen LogP contribution in [0.5, 0.6) is 5.75 Å². The van der Waals surface area contributed by atoms with Gasteiger partial charge in [0.25, 0.3) is 0 Å². The highest BCUT2D eigenvalue weighted by Gasteiger charge is 2.22. The highest BCUT2D eigenvalue weighted by Crippen LogP contribution is 2.16. The minimum Gasteiger partial charge on any atom is -0.497 e. The van der Waals surface area contributed by atoms with E-state index in [1.54, 1.807) is 36.3 Å². The number of carbonyl (C=O) groups is 2. The normalized spacial score (nSPS) is 10.2. The molecule has 0 saturated carbocycles. The van der Waals surface area contributed by atoms with Crippen LogP contribution in [0.15, 0.2) is 84.9 Å². The van der Waals surface area contributed by atoms with E-state index in [0.29, 0.717) is 24.5 Å². The lowest BCUT2D eigenvalue weighted by Crippen LogP contribution is -2.38. The third-order valence-electron chi connectivity index (χ3n) is 4.26. The van der Waals surface area contributed by atoms with Gasteiger partial charge in [0.2, 0.25) is 0 Å². The van der Waals surface area contributed by atoms with Crippen LogP contribution in [0.25, 0.3) is 0 Å². The molecule has 5 nitrogen and oxygen atoms in total. The standard InChI is InChI=1S/C23H22N2O3/c1-28-21-14-12-20(13-15-21)24-22(26)23(27)25(16-18-8-4-2-5-9-18)17-19-10-6-3-7-11-19/h2-15H,16-17H2,1H3,(H,24,26). The van der Waals surface area contributed by atoms with Crippen LogP contribution in [0.4, 0.5) is 5.69 Å². The molecule has 0 saturated heterocycles. The molecule has 0 aromatic heterocycles. The van der Waals surface area contributed by atoms with Crippen LogP contribution in [0.1, 0.15) is 11.1 Å². The summed E-state index contributed by atoms with van der Waals surface area (Å²) in [4.78, 5) is 27.0. The van der Waals surface area contributed by atoms with Crippen molar-refractivity contribution in [3.8, 4) is 5.75 Å². The third kappa shape index (κ3) is 5.20. The minimum absolute atomic E-state index is 0.352. The topological polar surface area (TPSA) is 58.6 Å². The van der Waals surface area contributed by atoms with E-state index in [-0.39, 0.29) is 0 Å². The van der Waals surface area contributed by atoms with Crippen molar-refractivity contribution in [2.24, 2.45) is 0 Å². The van der Waals surface area contributed by atoms with Gasteiger partial charge in [0.1, 0.15) is 5.75 Å². The van der Waals surface area contributed by atoms with Crippen molar-refractivity contribution in [2.75, 3.05) is 12.4 Å². The van der Waals surface area contributed by atoms with Gasteiger partial charge in [-0.05, 0) is 35.4 Å². The lowest BCUT2D eigenvalue weighted by molar-refractivity contribution is -0.144. The van der Waals surface area contributed by atoms with Crippen molar-refractivity contribution in [3.05, 3.63) is 96.1 Å². The van der Waals surface area contributed by atoms with Crippen LogP contribution in [0, 0.1) is 0 Å². The summed E-state index contributed by atoms with van der Waals surface area (Å²) in [6, 6.07) is 26.1. The van der Waals surface area contributed by atoms with Crippen molar-refractivity contribution in [1.29, 1.82) is 0 Å². The van der Waals surface area contributed by atoms with Gasteiger partial charge in [0, 0.05) is 18.8 Å². The molecule has 0 atom stereocenters. The van der Waals surface area contributed by atoms with Crippen LogP contribution < -0.4 is 10.1 Å². The molecule has 142 valence electrons. The SMILES string of the molecule is COc1ccc(NC(=O)C(=O)N(Cc2ccccc2)Cc2ccccc2)cc1. The number of hydrogen-bond donors (Lipinski definition) is 1. The minimum atomic E-state index is -0.669. The second kappa shape index (κ2) is 9.37. The number of carbonyl (C=O) groups excluding carboxylic acids is 2. The van der Waals surface area contributed by atoms with E-state index in [0.717, 1.165) is 11.1 Å². The first kappa shape index (κ1) is 19.2. The third-order valence-corrected chi connectivity index (χ3v) is 4.26. The Kier molecular flexibility index (Phi) is 6.41. The van der Waals surface area contributed by atoms with E-state index in [9.17, 15) is 9.59 Å². The maximum atomic E-state index is 12.9. The molecule has 0 aliphatic heterocycles. The molecule has 2 amide bonds. The Morgan fingerprint density at radius 3 is 1.75 bits per heavy atom. The number of methoxy groups -OCH3 is 1. The summed E-state index contributed by atoms with van der Waals surface area (Å²) in [5.74, 6) is -0.570. The van der Waals surface area contributed by atoms with E-state index in [4.69, 9.17) is 4.74 Å². The smallest absolute Gasteiger partial charge is 0.313 e. The second-order valence-electron chi connectivity index (χ2n) is 6.32. The number of benzene rings is 3. The first-order valence-electron chi connectivity index (χ1n) is 8.98. The predicted molar refractivity (Wildman–Crippen MR) is 109 cm³/mol. The highest BCUT2D eigenvalue weighted by molar-refractivity contribution is 6.39. The largest absolute Gasteiger partial charge is 0.497 e. The Labute approximate surface area is 164 Å². The van der Waals surface area contributed by atoms with E-state index < -0.39 is 11.8 Å². The van der Waals surface area contributed by atoms with Crippen LogP contribution in [0.2, 0.25) is 0 Å². The molecule has 5 heteroatoms. The van der Waals surface area contributed by atoms with Gasteiger partial charge < -0.3 is 15.0 Å². The summed E-state index contributed by atoms with van der Waals surface area (Å²) in [5, 5.41) is 2.66. The summed E-state index contributed by atoms with van der Waals surface area (Å²) in [6.45, 7) is 0.704. The van der Waals surface area contributed by atoms with Crippen LogP contribution in [-0.2, 0) is 22.7 Å². The fourth-order valence-electron chi connectivity index (χ4n) is 2.81. The summed E-state index contributed by atoms with van der Waals surface area (Å²) in [6.07, 6.45) is 0. The van der Waals surface area contributed by atoms with Gasteiger partial charge in [-0.25, -0.2) is 0 Å². The number of anilines is 1. The molecule has 0 radical (unpaired) electrons. The average molecular weight is 374 g/mol. The molecule has 0 fully saturated rings. The van der Waals surface area contributed by atoms with Crippen LogP contribution in [-0.4, -0.2) is 23.8 Å². The van der Waals surface area contributed by atoms with Gasteiger partial charge in [-0.3, -0.25) is 9.59 Å². The molecule has 3 aromatic carbocycles. The van der Waals surface area contributed by atoms with Crippen molar-refractivity contribution >= 4 is 17.5 Å². The maximum absolute atomic E-state index is 12.9. The molecule has 0 spiro atoms. The molecule has 1 N–H and O–H groups in total. The number of ether oxygens (including phenoxy) is 1. The lowest BCUT2D eigenvalue weighted by Gasteiger charge is -2.22. The number of nitrogens with zero attached hydrogens (tertiary/aromatic N) is 1. The monoisotopic (exact) mass is 374 g/mol. The first-order valence-corrected chi connectivity index (χ1v) is 8.98. The van der Waals surface area contributed by atoms with E-state index in [2.05, 4.69) is 5.32 Å². The Hall–Kier alpha value is -3.60. The Morgan fingerprint density at radius 1 is 0.786 bits per heavy atom. The average Bonchev–Trinajstić information content (AvgIpc) is 2.75. The zero-order chi connectivity index (χ0) is 19.8. The second-order valence-corrected chi connectivity index (χ2v) is 6.32. The summed E-state index contributed by atoms with van der Waals surface area (Å²) in [5.41, 5.74) is 2.46. The van der Waals surface area contributed by atoms with Gasteiger partial charge in [0.05, 0.1) is 7.11 Å². The maximum Gasteiger partial charge on any atom is 0.313 e. The Balaban J connectivity index is 1.75. The molecule has 0 aliphatic rings. The van der Waals surface area contributed by atoms with Crippen molar-refractivity contribution in [1.82, 2.24) is 4.90 Å². The highest BCUT2D eigenvalue weighted by atomic mass is 16.5. The molecular weight excluding hydrogens is 352 g/mol. The lowest BCUT2D eigenvalue weighted by atomic mass is 10.1. The molecular formula is C23H22N2O3. The first-order chi connectivity index (χ1) is 13.7. The van der Waals surface area contributed by atoms with Crippen molar-refractivity contribution in [2.45, 2.75) is 13.1 Å². The number of nitrogens with one attached hydrogen (secondary N) is 1. The number of rotatable bonds is 6. The fourth-order valence-corrected chi connectivity index (χ4v) is 2.81. The van der Waals surface area contributed by atoms with Crippen LogP contribution >= 0.6 is 0 Å². The number of amides is 2. The molecule has 0 unspecified atom stereocenters. The van der Waals surface area contributed by atoms with E-state index in [1.807, 2.05) is 60.7 Å². The van der Waals surface area contributed by atoms with Crippen LogP contribution in [0.3, 0.4) is 0 Å². The zero-order valence-electron chi connectivity index (χ0n) is 15.7. The molecule has 3 rings (SSSR count). The predicted octanol–water partition coefficient (Wildman–Crippen LogP) is 3.86. The van der Waals surface area contributed by atoms with E-state index >= 15 is 0 Å². The van der Waals surface area contributed by atoms with Gasteiger partial charge >= 0.3 is 11.8 Å².